The number of likely N-dealkylation sites (tertiary alicyclic amines) is 1. The second-order valence-electron chi connectivity index (χ2n) is 10.8. The van der Waals surface area contributed by atoms with E-state index in [1.54, 1.807) is 6.33 Å². The number of imidazole rings is 1. The minimum absolute atomic E-state index is 0.0476. The molecule has 5 heterocycles. The summed E-state index contributed by atoms with van der Waals surface area (Å²) in [5.74, 6) is 4.38. The number of rotatable bonds is 6. The van der Waals surface area contributed by atoms with Crippen LogP contribution in [0.3, 0.4) is 0 Å². The lowest BCUT2D eigenvalue weighted by atomic mass is 9.83. The molecular weight excluding hydrogens is 426 g/mol. The topological polar surface area (TPSA) is 79.2 Å². The maximum absolute atomic E-state index is 12.0. The maximum atomic E-state index is 12.0. The molecule has 3 fully saturated rings. The third kappa shape index (κ3) is 4.21. The molecule has 4 aliphatic rings. The Morgan fingerprint density at radius 3 is 2.50 bits per heavy atom. The lowest BCUT2D eigenvalue weighted by Gasteiger charge is -2.35. The van der Waals surface area contributed by atoms with Crippen molar-refractivity contribution in [1.29, 1.82) is 0 Å². The van der Waals surface area contributed by atoms with E-state index in [0.29, 0.717) is 24.1 Å². The quantitative estimate of drug-likeness (QED) is 0.701. The van der Waals surface area contributed by atoms with Gasteiger partial charge < -0.3 is 19.7 Å². The predicted molar refractivity (Wildman–Crippen MR) is 132 cm³/mol. The molecule has 3 aliphatic heterocycles. The van der Waals surface area contributed by atoms with Crippen molar-refractivity contribution in [3.8, 4) is 0 Å². The van der Waals surface area contributed by atoms with Crippen LogP contribution in [-0.4, -0.2) is 63.0 Å². The standard InChI is InChI=1S/C26H37N7O/c1-18-15-22(34)30-24-23(18)26(28-17-27-24)32-11-7-20(8-12-32)25-29-21(19-5-4-6-19)16-33(25)14-13-31-9-2-3-10-31/h16-20H,2-15H2,1H3,(H,27,28,30,34)/t18-/m1/s1. The Morgan fingerprint density at radius 2 is 1.76 bits per heavy atom. The Labute approximate surface area is 202 Å². The summed E-state index contributed by atoms with van der Waals surface area (Å²) in [5.41, 5.74) is 2.43. The van der Waals surface area contributed by atoms with Crippen LogP contribution in [0.15, 0.2) is 12.5 Å². The minimum atomic E-state index is 0.0476. The van der Waals surface area contributed by atoms with Crippen LogP contribution in [-0.2, 0) is 11.3 Å². The molecule has 1 N–H and O–H groups in total. The molecule has 182 valence electrons. The molecule has 34 heavy (non-hydrogen) atoms. The third-order valence-corrected chi connectivity index (χ3v) is 8.47. The van der Waals surface area contributed by atoms with Gasteiger partial charge in [0, 0.05) is 56.2 Å². The highest BCUT2D eigenvalue weighted by atomic mass is 16.1. The van der Waals surface area contributed by atoms with Crippen LogP contribution in [0, 0.1) is 0 Å². The summed E-state index contributed by atoms with van der Waals surface area (Å²) < 4.78 is 2.50. The molecule has 0 radical (unpaired) electrons. The smallest absolute Gasteiger partial charge is 0.226 e. The van der Waals surface area contributed by atoms with E-state index in [2.05, 4.69) is 42.8 Å². The van der Waals surface area contributed by atoms with Crippen molar-refractivity contribution >= 4 is 17.5 Å². The van der Waals surface area contributed by atoms with Crippen LogP contribution in [0.5, 0.6) is 0 Å². The average molecular weight is 464 g/mol. The van der Waals surface area contributed by atoms with Gasteiger partial charge in [0.25, 0.3) is 0 Å². The van der Waals surface area contributed by atoms with E-state index < -0.39 is 0 Å². The van der Waals surface area contributed by atoms with Crippen LogP contribution >= 0.6 is 0 Å². The molecule has 2 saturated heterocycles. The van der Waals surface area contributed by atoms with Crippen molar-refractivity contribution in [2.45, 2.75) is 82.6 Å². The fraction of sp³-hybridized carbons (Fsp3) is 0.692. The van der Waals surface area contributed by atoms with Crippen LogP contribution in [0.25, 0.3) is 0 Å². The second-order valence-corrected chi connectivity index (χ2v) is 10.8. The van der Waals surface area contributed by atoms with Gasteiger partial charge in [0.2, 0.25) is 5.91 Å². The molecule has 2 aromatic heterocycles. The fourth-order valence-electron chi connectivity index (χ4n) is 6.22. The van der Waals surface area contributed by atoms with Crippen molar-refractivity contribution in [2.75, 3.05) is 42.9 Å². The lowest BCUT2D eigenvalue weighted by Crippen LogP contribution is -2.36. The molecule has 8 nitrogen and oxygen atoms in total. The minimum Gasteiger partial charge on any atom is -0.356 e. The molecule has 0 spiro atoms. The van der Waals surface area contributed by atoms with Crippen molar-refractivity contribution < 1.29 is 4.79 Å². The van der Waals surface area contributed by atoms with E-state index in [9.17, 15) is 4.79 Å². The molecule has 8 heteroatoms. The summed E-state index contributed by atoms with van der Waals surface area (Å²) >= 11 is 0. The van der Waals surface area contributed by atoms with Crippen molar-refractivity contribution in [1.82, 2.24) is 24.4 Å². The number of hydrogen-bond acceptors (Lipinski definition) is 6. The van der Waals surface area contributed by atoms with Gasteiger partial charge in [-0.05, 0) is 57.5 Å². The summed E-state index contributed by atoms with van der Waals surface area (Å²) in [6, 6.07) is 0. The van der Waals surface area contributed by atoms with Gasteiger partial charge in [-0.2, -0.15) is 0 Å². The zero-order chi connectivity index (χ0) is 23.1. The van der Waals surface area contributed by atoms with Crippen molar-refractivity contribution in [3.05, 3.63) is 29.6 Å². The Balaban J connectivity index is 1.18. The Kier molecular flexibility index (Phi) is 6.01. The van der Waals surface area contributed by atoms with E-state index in [4.69, 9.17) is 4.98 Å². The molecule has 1 atom stereocenters. The second kappa shape index (κ2) is 9.29. The van der Waals surface area contributed by atoms with E-state index in [-0.39, 0.29) is 11.8 Å². The number of amides is 1. The van der Waals surface area contributed by atoms with E-state index >= 15 is 0 Å². The average Bonchev–Trinajstić information content (AvgIpc) is 3.46. The fourth-order valence-corrected chi connectivity index (χ4v) is 6.22. The summed E-state index contributed by atoms with van der Waals surface area (Å²) in [7, 11) is 0. The van der Waals surface area contributed by atoms with Crippen molar-refractivity contribution in [2.24, 2.45) is 0 Å². The van der Waals surface area contributed by atoms with E-state index in [1.807, 2.05) is 0 Å². The van der Waals surface area contributed by atoms with Gasteiger partial charge in [0.15, 0.2) is 0 Å². The van der Waals surface area contributed by atoms with Gasteiger partial charge in [-0.1, -0.05) is 13.3 Å². The summed E-state index contributed by atoms with van der Waals surface area (Å²) in [6.45, 7) is 8.74. The molecule has 0 bridgehead atoms. The Bertz CT molecular complexity index is 1030. The van der Waals surface area contributed by atoms with E-state index in [0.717, 1.165) is 50.4 Å². The number of fused-ring (bicyclic) bond motifs is 1. The highest BCUT2D eigenvalue weighted by molar-refractivity contribution is 5.94. The van der Waals surface area contributed by atoms with Gasteiger partial charge in [0.05, 0.1) is 5.69 Å². The number of piperidine rings is 1. The molecule has 1 saturated carbocycles. The molecule has 0 aromatic carbocycles. The number of nitrogens with zero attached hydrogens (tertiary/aromatic N) is 6. The van der Waals surface area contributed by atoms with E-state index in [1.165, 1.54) is 56.7 Å². The number of carbonyl (C=O) groups is 1. The number of nitrogens with one attached hydrogen (secondary N) is 1. The molecule has 0 unspecified atom stereocenters. The molecular formula is C26H37N7O. The van der Waals surface area contributed by atoms with Gasteiger partial charge >= 0.3 is 0 Å². The van der Waals surface area contributed by atoms with Gasteiger partial charge in [-0.3, -0.25) is 4.79 Å². The Morgan fingerprint density at radius 1 is 0.971 bits per heavy atom. The summed E-state index contributed by atoms with van der Waals surface area (Å²) in [5, 5.41) is 2.94. The number of hydrogen-bond donors (Lipinski definition) is 1. The SMILES string of the molecule is C[C@@H]1CC(=O)Nc2ncnc(N3CCC(c4nc(C5CCC5)cn4CCN4CCCC4)CC3)c21. The van der Waals surface area contributed by atoms with Gasteiger partial charge in [-0.15, -0.1) is 0 Å². The monoisotopic (exact) mass is 463 g/mol. The molecule has 2 aromatic rings. The zero-order valence-corrected chi connectivity index (χ0v) is 20.4. The molecule has 1 aliphatic carbocycles. The number of aromatic nitrogens is 4. The Hall–Kier alpha value is -2.48. The first-order chi connectivity index (χ1) is 16.7. The first-order valence-corrected chi connectivity index (χ1v) is 13.3. The third-order valence-electron chi connectivity index (χ3n) is 8.47. The van der Waals surface area contributed by atoms with Crippen LogP contribution in [0.1, 0.15) is 93.1 Å². The van der Waals surface area contributed by atoms with Gasteiger partial charge in [-0.25, -0.2) is 15.0 Å². The molecule has 6 rings (SSSR count). The summed E-state index contributed by atoms with van der Waals surface area (Å²) in [4.78, 5) is 31.2. The first kappa shape index (κ1) is 22.0. The van der Waals surface area contributed by atoms with Crippen molar-refractivity contribution in [3.63, 3.8) is 0 Å². The van der Waals surface area contributed by atoms with Crippen LogP contribution in [0.2, 0.25) is 0 Å². The highest BCUT2D eigenvalue weighted by Gasteiger charge is 2.32. The largest absolute Gasteiger partial charge is 0.356 e. The van der Waals surface area contributed by atoms with Crippen LogP contribution < -0.4 is 10.2 Å². The highest BCUT2D eigenvalue weighted by Crippen LogP contribution is 2.40. The lowest BCUT2D eigenvalue weighted by molar-refractivity contribution is -0.116. The predicted octanol–water partition coefficient (Wildman–Crippen LogP) is 3.87. The number of anilines is 2. The van der Waals surface area contributed by atoms with Crippen LogP contribution in [0.4, 0.5) is 11.6 Å². The zero-order valence-electron chi connectivity index (χ0n) is 20.4. The normalized spacial score (nSPS) is 24.2. The molecule has 1 amide bonds. The number of carbonyl (C=O) groups excluding carboxylic acids is 1. The maximum Gasteiger partial charge on any atom is 0.226 e. The van der Waals surface area contributed by atoms with Gasteiger partial charge in [0.1, 0.15) is 23.8 Å². The first-order valence-electron chi connectivity index (χ1n) is 13.3. The summed E-state index contributed by atoms with van der Waals surface area (Å²) in [6.07, 6.45) is 13.3.